The van der Waals surface area contributed by atoms with Crippen LogP contribution in [-0.4, -0.2) is 22.7 Å². The number of rotatable bonds is 5. The first-order valence-electron chi connectivity index (χ1n) is 6.54. The van der Waals surface area contributed by atoms with Crippen LogP contribution in [0.3, 0.4) is 0 Å². The first-order valence-corrected chi connectivity index (χ1v) is 7.34. The van der Waals surface area contributed by atoms with E-state index in [9.17, 15) is 9.59 Å². The van der Waals surface area contributed by atoms with Crippen molar-refractivity contribution in [3.8, 4) is 0 Å². The molecule has 4 nitrogen and oxygen atoms in total. The van der Waals surface area contributed by atoms with Gasteiger partial charge in [0, 0.05) is 18.7 Å². The summed E-state index contributed by atoms with van der Waals surface area (Å²) in [6.45, 7) is 7.78. The predicted molar refractivity (Wildman–Crippen MR) is 85.2 cm³/mol. The maximum atomic E-state index is 11.8. The van der Waals surface area contributed by atoms with Gasteiger partial charge in [-0.1, -0.05) is 28.1 Å². The molecule has 0 bridgehead atoms. The van der Waals surface area contributed by atoms with Crippen LogP contribution < -0.4 is 10.6 Å². The number of aryl methyl sites for hydroxylation is 2. The number of nitrogens with one attached hydrogen (secondary N) is 2. The zero-order chi connectivity index (χ0) is 15.3. The Morgan fingerprint density at radius 3 is 2.50 bits per heavy atom. The van der Waals surface area contributed by atoms with Gasteiger partial charge in [0.15, 0.2) is 0 Å². The van der Waals surface area contributed by atoms with Gasteiger partial charge in [-0.05, 0) is 44.9 Å². The zero-order valence-electron chi connectivity index (χ0n) is 12.3. The molecule has 0 aromatic heterocycles. The minimum absolute atomic E-state index is 0.105. The van der Waals surface area contributed by atoms with Crippen LogP contribution in [0.2, 0.25) is 0 Å². The molecule has 1 rings (SSSR count). The third kappa shape index (κ3) is 5.33. The van der Waals surface area contributed by atoms with Crippen molar-refractivity contribution < 1.29 is 9.59 Å². The summed E-state index contributed by atoms with van der Waals surface area (Å²) in [5.74, 6) is -0.233. The highest BCUT2D eigenvalue weighted by Crippen LogP contribution is 2.17. The van der Waals surface area contributed by atoms with Gasteiger partial charge in [0.05, 0.1) is 4.32 Å². The van der Waals surface area contributed by atoms with Gasteiger partial charge < -0.3 is 10.6 Å². The number of hydrogen-bond acceptors (Lipinski definition) is 2. The van der Waals surface area contributed by atoms with Gasteiger partial charge in [0.2, 0.25) is 11.8 Å². The average molecular weight is 341 g/mol. The standard InChI is InChI=1S/C15H21BrN2O2/c1-10-5-6-11(2)12(9-10)18-13(19)7-8-17-14(20)15(3,4)16/h5-6,9H,7-8H2,1-4H3,(H,17,20)(H,18,19). The summed E-state index contributed by atoms with van der Waals surface area (Å²) in [5.41, 5.74) is 2.94. The van der Waals surface area contributed by atoms with Gasteiger partial charge >= 0.3 is 0 Å². The fourth-order valence-electron chi connectivity index (χ4n) is 1.58. The molecule has 1 aromatic rings. The normalized spacial score (nSPS) is 11.1. The third-order valence-electron chi connectivity index (χ3n) is 2.84. The lowest BCUT2D eigenvalue weighted by molar-refractivity contribution is -0.122. The van der Waals surface area contributed by atoms with E-state index in [1.165, 1.54) is 0 Å². The maximum absolute atomic E-state index is 11.8. The van der Waals surface area contributed by atoms with Gasteiger partial charge in [-0.2, -0.15) is 0 Å². The molecule has 0 heterocycles. The molecule has 0 radical (unpaired) electrons. The van der Waals surface area contributed by atoms with Gasteiger partial charge in [-0.3, -0.25) is 9.59 Å². The fraction of sp³-hybridized carbons (Fsp3) is 0.467. The molecule has 2 N–H and O–H groups in total. The molecular weight excluding hydrogens is 320 g/mol. The second-order valence-electron chi connectivity index (χ2n) is 5.34. The molecule has 110 valence electrons. The molecule has 0 unspecified atom stereocenters. The lowest BCUT2D eigenvalue weighted by Gasteiger charge is -2.15. The number of amides is 2. The first-order chi connectivity index (χ1) is 9.20. The highest BCUT2D eigenvalue weighted by Gasteiger charge is 2.22. The molecule has 0 fully saturated rings. The Morgan fingerprint density at radius 1 is 1.25 bits per heavy atom. The number of anilines is 1. The summed E-state index contributed by atoms with van der Waals surface area (Å²) in [7, 11) is 0. The van der Waals surface area contributed by atoms with E-state index in [-0.39, 0.29) is 18.2 Å². The summed E-state index contributed by atoms with van der Waals surface area (Å²) >= 11 is 3.27. The van der Waals surface area contributed by atoms with E-state index in [0.29, 0.717) is 6.54 Å². The molecule has 0 aliphatic rings. The van der Waals surface area contributed by atoms with Crippen molar-refractivity contribution in [3.63, 3.8) is 0 Å². The molecule has 0 aliphatic carbocycles. The number of carbonyl (C=O) groups excluding carboxylic acids is 2. The van der Waals surface area contributed by atoms with Gasteiger partial charge in [0.1, 0.15) is 0 Å². The van der Waals surface area contributed by atoms with Crippen LogP contribution in [0, 0.1) is 13.8 Å². The van der Waals surface area contributed by atoms with Gasteiger partial charge in [-0.15, -0.1) is 0 Å². The van der Waals surface area contributed by atoms with Gasteiger partial charge in [0.25, 0.3) is 0 Å². The smallest absolute Gasteiger partial charge is 0.236 e. The molecule has 2 amide bonds. The molecule has 0 atom stereocenters. The SMILES string of the molecule is Cc1ccc(C)c(NC(=O)CCNC(=O)C(C)(C)Br)c1. The Labute approximate surface area is 128 Å². The summed E-state index contributed by atoms with van der Waals surface area (Å²) in [6.07, 6.45) is 0.252. The lowest BCUT2D eigenvalue weighted by atomic mass is 10.1. The van der Waals surface area contributed by atoms with E-state index >= 15 is 0 Å². The van der Waals surface area contributed by atoms with Crippen molar-refractivity contribution >= 4 is 33.4 Å². The van der Waals surface area contributed by atoms with Crippen LogP contribution in [-0.2, 0) is 9.59 Å². The zero-order valence-corrected chi connectivity index (χ0v) is 13.9. The van der Waals surface area contributed by atoms with Crippen LogP contribution in [0.15, 0.2) is 18.2 Å². The third-order valence-corrected chi connectivity index (χ3v) is 3.20. The van der Waals surface area contributed by atoms with E-state index in [4.69, 9.17) is 0 Å². The van der Waals surface area contributed by atoms with Crippen molar-refractivity contribution in [1.82, 2.24) is 5.32 Å². The molecule has 0 saturated carbocycles. The highest BCUT2D eigenvalue weighted by molar-refractivity contribution is 9.10. The van der Waals surface area contributed by atoms with Crippen LogP contribution in [0.1, 0.15) is 31.4 Å². The van der Waals surface area contributed by atoms with Crippen molar-refractivity contribution in [2.45, 2.75) is 38.4 Å². The molecular formula is C15H21BrN2O2. The molecule has 0 aliphatic heterocycles. The van der Waals surface area contributed by atoms with Crippen molar-refractivity contribution in [1.29, 1.82) is 0 Å². The maximum Gasteiger partial charge on any atom is 0.236 e. The predicted octanol–water partition coefficient (Wildman–Crippen LogP) is 2.92. The van der Waals surface area contributed by atoms with Crippen LogP contribution in [0.5, 0.6) is 0 Å². The van der Waals surface area contributed by atoms with Crippen LogP contribution >= 0.6 is 15.9 Å². The monoisotopic (exact) mass is 340 g/mol. The molecule has 0 saturated heterocycles. The van der Waals surface area contributed by atoms with E-state index in [0.717, 1.165) is 16.8 Å². The highest BCUT2D eigenvalue weighted by atomic mass is 79.9. The number of halogens is 1. The van der Waals surface area contributed by atoms with E-state index < -0.39 is 4.32 Å². The summed E-state index contributed by atoms with van der Waals surface area (Å²) in [6, 6.07) is 5.91. The number of hydrogen-bond donors (Lipinski definition) is 2. The van der Waals surface area contributed by atoms with Crippen LogP contribution in [0.4, 0.5) is 5.69 Å². The molecule has 20 heavy (non-hydrogen) atoms. The van der Waals surface area contributed by atoms with Crippen LogP contribution in [0.25, 0.3) is 0 Å². The fourth-order valence-corrected chi connectivity index (χ4v) is 1.72. The number of benzene rings is 1. The number of alkyl halides is 1. The first kappa shape index (κ1) is 16.7. The quantitative estimate of drug-likeness (QED) is 0.809. The number of carbonyl (C=O) groups is 2. The second-order valence-corrected chi connectivity index (χ2v) is 7.33. The molecule has 5 heteroatoms. The minimum Gasteiger partial charge on any atom is -0.354 e. The lowest BCUT2D eigenvalue weighted by Crippen LogP contribution is -2.38. The molecule has 0 spiro atoms. The Morgan fingerprint density at radius 2 is 1.90 bits per heavy atom. The Balaban J connectivity index is 2.45. The van der Waals surface area contributed by atoms with Crippen molar-refractivity contribution in [2.24, 2.45) is 0 Å². The summed E-state index contributed by atoms with van der Waals surface area (Å²) in [4.78, 5) is 23.4. The van der Waals surface area contributed by atoms with E-state index in [1.807, 2.05) is 32.0 Å². The largest absolute Gasteiger partial charge is 0.354 e. The van der Waals surface area contributed by atoms with Crippen molar-refractivity contribution in [3.05, 3.63) is 29.3 Å². The Hall–Kier alpha value is -1.36. The molecule has 1 aromatic carbocycles. The Bertz CT molecular complexity index is 507. The topological polar surface area (TPSA) is 58.2 Å². The van der Waals surface area contributed by atoms with Crippen molar-refractivity contribution in [2.75, 3.05) is 11.9 Å². The Kier molecular flexibility index (Phi) is 5.74. The minimum atomic E-state index is -0.614. The van der Waals surface area contributed by atoms with E-state index in [2.05, 4.69) is 26.6 Å². The van der Waals surface area contributed by atoms with Gasteiger partial charge in [-0.25, -0.2) is 0 Å². The summed E-state index contributed by atoms with van der Waals surface area (Å²) < 4.78 is -0.614. The second kappa shape index (κ2) is 6.88. The summed E-state index contributed by atoms with van der Waals surface area (Å²) in [5, 5.41) is 5.58. The average Bonchev–Trinajstić information content (AvgIpc) is 2.32. The van der Waals surface area contributed by atoms with E-state index in [1.54, 1.807) is 13.8 Å².